The molecule has 4 amide bonds. The van der Waals surface area contributed by atoms with Gasteiger partial charge in [-0.25, -0.2) is 4.99 Å². The van der Waals surface area contributed by atoms with Gasteiger partial charge < -0.3 is 24.9 Å². The Bertz CT molecular complexity index is 1510. The van der Waals surface area contributed by atoms with E-state index < -0.39 is 11.9 Å². The number of nitrogens with zero attached hydrogens (tertiary/aromatic N) is 3. The van der Waals surface area contributed by atoms with Crippen molar-refractivity contribution in [1.82, 2.24) is 20.4 Å². The molecule has 0 spiro atoms. The predicted molar refractivity (Wildman–Crippen MR) is 159 cm³/mol. The summed E-state index contributed by atoms with van der Waals surface area (Å²) in [6, 6.07) is 12.9. The molecule has 3 aromatic rings. The van der Waals surface area contributed by atoms with E-state index in [0.717, 1.165) is 55.5 Å². The molecule has 42 heavy (non-hydrogen) atoms. The molecule has 2 aromatic carbocycles. The molecular weight excluding hydrogens is 536 g/mol. The zero-order chi connectivity index (χ0) is 29.6. The maximum absolute atomic E-state index is 13.6. The van der Waals surface area contributed by atoms with Crippen molar-refractivity contribution in [1.29, 1.82) is 0 Å². The van der Waals surface area contributed by atoms with Gasteiger partial charge in [-0.3, -0.25) is 24.5 Å². The SMILES string of the molecule is CNC(=O)c1ccc(C(=O)NC(=N[C@H]2CCCCN(CC(=O)N3CCCC3)C2=O)Nc2ccc3oc(C)cc3c2)cc1. The topological polar surface area (TPSA) is 136 Å². The highest BCUT2D eigenvalue weighted by Crippen LogP contribution is 2.23. The van der Waals surface area contributed by atoms with Gasteiger partial charge in [-0.1, -0.05) is 0 Å². The van der Waals surface area contributed by atoms with Gasteiger partial charge in [0.15, 0.2) is 0 Å². The summed E-state index contributed by atoms with van der Waals surface area (Å²) < 4.78 is 5.68. The summed E-state index contributed by atoms with van der Waals surface area (Å²) in [4.78, 5) is 59.7. The quantitative estimate of drug-likeness (QED) is 0.306. The van der Waals surface area contributed by atoms with Crippen LogP contribution < -0.4 is 16.0 Å². The number of hydrogen-bond donors (Lipinski definition) is 3. The Kier molecular flexibility index (Phi) is 8.85. The zero-order valence-corrected chi connectivity index (χ0v) is 23.9. The second-order valence-corrected chi connectivity index (χ2v) is 10.7. The predicted octanol–water partition coefficient (Wildman–Crippen LogP) is 3.30. The molecule has 1 atom stereocenters. The average Bonchev–Trinajstić information content (AvgIpc) is 3.63. The normalized spacial score (nSPS) is 17.7. The minimum atomic E-state index is -0.766. The van der Waals surface area contributed by atoms with E-state index in [1.165, 1.54) is 7.05 Å². The Morgan fingerprint density at radius 1 is 0.929 bits per heavy atom. The Morgan fingerprint density at radius 2 is 1.62 bits per heavy atom. The summed E-state index contributed by atoms with van der Waals surface area (Å²) in [6.45, 7) is 3.86. The number of carbonyl (C=O) groups is 4. The monoisotopic (exact) mass is 572 g/mol. The molecule has 0 unspecified atom stereocenters. The van der Waals surface area contributed by atoms with E-state index in [-0.39, 0.29) is 30.2 Å². The van der Waals surface area contributed by atoms with E-state index >= 15 is 0 Å². The number of fused-ring (bicyclic) bond motifs is 1. The lowest BCUT2D eigenvalue weighted by Gasteiger charge is -2.25. The molecule has 11 heteroatoms. The largest absolute Gasteiger partial charge is 0.461 e. The maximum atomic E-state index is 13.6. The Morgan fingerprint density at radius 3 is 2.33 bits per heavy atom. The van der Waals surface area contributed by atoms with Crippen molar-refractivity contribution < 1.29 is 23.6 Å². The zero-order valence-electron chi connectivity index (χ0n) is 23.9. The molecule has 0 saturated carbocycles. The molecular formula is C31H36N6O5. The fraction of sp³-hybridized carbons (Fsp3) is 0.387. The molecule has 0 bridgehead atoms. The molecule has 11 nitrogen and oxygen atoms in total. The lowest BCUT2D eigenvalue weighted by Crippen LogP contribution is -2.45. The molecule has 2 aliphatic heterocycles. The van der Waals surface area contributed by atoms with E-state index in [9.17, 15) is 19.2 Å². The van der Waals surface area contributed by atoms with E-state index in [4.69, 9.17) is 9.41 Å². The number of hydrogen-bond acceptors (Lipinski definition) is 6. The first kappa shape index (κ1) is 28.8. The van der Waals surface area contributed by atoms with Gasteiger partial charge in [-0.05, 0) is 87.6 Å². The number of guanidine groups is 1. The van der Waals surface area contributed by atoms with Gasteiger partial charge >= 0.3 is 0 Å². The number of nitrogens with one attached hydrogen (secondary N) is 3. The maximum Gasteiger partial charge on any atom is 0.257 e. The standard InChI is InChI=1S/C31H36N6O5/c1-20-17-23-18-24(12-13-26(23)42-20)33-31(35-29(40)22-10-8-21(9-11-22)28(39)32-2)34-25-7-3-4-16-37(30(25)41)19-27(38)36-14-5-6-15-36/h8-13,17-18,25H,3-7,14-16,19H2,1-2H3,(H,32,39)(H2,33,34,35,40)/t25-/m0/s1. The number of aryl methyl sites for hydroxylation is 1. The molecule has 2 saturated heterocycles. The second-order valence-electron chi connectivity index (χ2n) is 10.7. The summed E-state index contributed by atoms with van der Waals surface area (Å²) in [5.74, 6) is -0.0915. The second kappa shape index (κ2) is 12.9. The van der Waals surface area contributed by atoms with Gasteiger partial charge in [-0.15, -0.1) is 0 Å². The summed E-state index contributed by atoms with van der Waals surface area (Å²) in [6.07, 6.45) is 4.00. The van der Waals surface area contributed by atoms with Crippen LogP contribution in [0.2, 0.25) is 0 Å². The van der Waals surface area contributed by atoms with Crippen molar-refractivity contribution in [3.8, 4) is 0 Å². The Labute approximate surface area is 244 Å². The van der Waals surface area contributed by atoms with E-state index in [1.54, 1.807) is 35.2 Å². The van der Waals surface area contributed by atoms with E-state index in [1.807, 2.05) is 30.0 Å². The Hall–Kier alpha value is -4.67. The van der Waals surface area contributed by atoms with E-state index in [0.29, 0.717) is 29.8 Å². The van der Waals surface area contributed by atoms with Crippen molar-refractivity contribution >= 4 is 46.2 Å². The van der Waals surface area contributed by atoms with Crippen molar-refractivity contribution in [2.45, 2.75) is 45.1 Å². The van der Waals surface area contributed by atoms with Crippen LogP contribution in [0.15, 0.2) is 57.9 Å². The van der Waals surface area contributed by atoms with Gasteiger partial charge in [0.25, 0.3) is 11.8 Å². The van der Waals surface area contributed by atoms with Crippen molar-refractivity contribution in [2.75, 3.05) is 38.5 Å². The number of rotatable bonds is 6. The average molecular weight is 573 g/mol. The van der Waals surface area contributed by atoms with Crippen LogP contribution in [0, 0.1) is 6.92 Å². The molecule has 2 aliphatic rings. The lowest BCUT2D eigenvalue weighted by molar-refractivity contribution is -0.140. The van der Waals surface area contributed by atoms with Crippen LogP contribution in [-0.2, 0) is 9.59 Å². The minimum Gasteiger partial charge on any atom is -0.461 e. The summed E-state index contributed by atoms with van der Waals surface area (Å²) in [5, 5.41) is 9.43. The third kappa shape index (κ3) is 6.79. The van der Waals surface area contributed by atoms with Gasteiger partial charge in [0.05, 0.1) is 6.54 Å². The molecule has 0 aliphatic carbocycles. The highest BCUT2D eigenvalue weighted by molar-refractivity contribution is 6.11. The number of benzene rings is 2. The van der Waals surface area contributed by atoms with Crippen LogP contribution in [0.25, 0.3) is 11.0 Å². The van der Waals surface area contributed by atoms with Crippen LogP contribution in [0.1, 0.15) is 58.6 Å². The molecule has 5 rings (SSSR count). The number of carbonyl (C=O) groups excluding carboxylic acids is 4. The summed E-state index contributed by atoms with van der Waals surface area (Å²) >= 11 is 0. The van der Waals surface area contributed by atoms with Gasteiger partial charge in [0.1, 0.15) is 17.4 Å². The molecule has 1 aromatic heterocycles. The summed E-state index contributed by atoms with van der Waals surface area (Å²) in [5.41, 5.74) is 2.13. The van der Waals surface area contributed by atoms with Crippen LogP contribution in [0.5, 0.6) is 0 Å². The number of anilines is 1. The lowest BCUT2D eigenvalue weighted by atomic mass is 10.1. The van der Waals surface area contributed by atoms with Crippen LogP contribution in [0.3, 0.4) is 0 Å². The van der Waals surface area contributed by atoms with Crippen LogP contribution >= 0.6 is 0 Å². The number of amides is 4. The first-order valence-electron chi connectivity index (χ1n) is 14.4. The van der Waals surface area contributed by atoms with E-state index in [2.05, 4.69) is 16.0 Å². The number of aliphatic imine (C=N–C) groups is 1. The fourth-order valence-corrected chi connectivity index (χ4v) is 5.33. The van der Waals surface area contributed by atoms with Gasteiger partial charge in [0.2, 0.25) is 17.8 Å². The third-order valence-corrected chi connectivity index (χ3v) is 7.59. The van der Waals surface area contributed by atoms with Gasteiger partial charge in [0, 0.05) is 48.9 Å². The van der Waals surface area contributed by atoms with Crippen molar-refractivity contribution in [3.63, 3.8) is 0 Å². The molecule has 3 N–H and O–H groups in total. The highest BCUT2D eigenvalue weighted by Gasteiger charge is 2.30. The van der Waals surface area contributed by atoms with Crippen LogP contribution in [-0.4, -0.2) is 78.7 Å². The molecule has 3 heterocycles. The fourth-order valence-electron chi connectivity index (χ4n) is 5.33. The van der Waals surface area contributed by atoms with Crippen LogP contribution in [0.4, 0.5) is 5.69 Å². The molecule has 2 fully saturated rings. The molecule has 220 valence electrons. The third-order valence-electron chi connectivity index (χ3n) is 7.59. The van der Waals surface area contributed by atoms with Crippen molar-refractivity contribution in [3.05, 3.63) is 65.4 Å². The first-order chi connectivity index (χ1) is 20.3. The summed E-state index contributed by atoms with van der Waals surface area (Å²) in [7, 11) is 1.54. The van der Waals surface area contributed by atoms with Crippen molar-refractivity contribution in [2.24, 2.45) is 4.99 Å². The minimum absolute atomic E-state index is 0.0359. The molecule has 0 radical (unpaired) electrons. The highest BCUT2D eigenvalue weighted by atomic mass is 16.3. The number of furan rings is 1. The first-order valence-corrected chi connectivity index (χ1v) is 14.4. The smallest absolute Gasteiger partial charge is 0.257 e. The number of likely N-dealkylation sites (tertiary alicyclic amines) is 2. The van der Waals surface area contributed by atoms with Gasteiger partial charge in [-0.2, -0.15) is 0 Å². The Balaban J connectivity index is 1.39.